The van der Waals surface area contributed by atoms with E-state index in [1.165, 1.54) is 18.4 Å². The molecule has 0 spiro atoms. The number of anilines is 2. The number of aromatic nitrogens is 4. The highest BCUT2D eigenvalue weighted by molar-refractivity contribution is 7.89. The van der Waals surface area contributed by atoms with Crippen LogP contribution in [0.2, 0.25) is 0 Å². The molecular formula is C11H19N7O2S. The molecular weight excluding hydrogens is 294 g/mol. The fourth-order valence-electron chi connectivity index (χ4n) is 1.69. The molecule has 0 aliphatic carbocycles. The first kappa shape index (κ1) is 15.4. The van der Waals surface area contributed by atoms with Gasteiger partial charge in [-0.2, -0.15) is 15.1 Å². The fraction of sp³-hybridized carbons (Fsp3) is 0.545. The van der Waals surface area contributed by atoms with Crippen LogP contribution in [0.5, 0.6) is 0 Å². The van der Waals surface area contributed by atoms with Crippen LogP contribution in [0.25, 0.3) is 11.0 Å². The summed E-state index contributed by atoms with van der Waals surface area (Å²) >= 11 is 0. The molecule has 0 fully saturated rings. The van der Waals surface area contributed by atoms with Gasteiger partial charge in [-0.3, -0.25) is 5.10 Å². The molecule has 0 saturated heterocycles. The van der Waals surface area contributed by atoms with Crippen LogP contribution in [0.1, 0.15) is 6.92 Å². The SMILES string of the molecule is CCNc1nc(NCCS(=O)(=O)N(C)C)c2cn[nH]c2n1. The van der Waals surface area contributed by atoms with E-state index in [4.69, 9.17) is 0 Å². The molecule has 0 unspecified atom stereocenters. The maximum Gasteiger partial charge on any atom is 0.226 e. The Balaban J connectivity index is 2.16. The van der Waals surface area contributed by atoms with Gasteiger partial charge in [0.2, 0.25) is 16.0 Å². The second kappa shape index (κ2) is 6.22. The monoisotopic (exact) mass is 313 g/mol. The van der Waals surface area contributed by atoms with E-state index in [2.05, 4.69) is 30.8 Å². The molecule has 0 radical (unpaired) electrons. The molecule has 2 heterocycles. The van der Waals surface area contributed by atoms with Gasteiger partial charge in [-0.25, -0.2) is 12.7 Å². The summed E-state index contributed by atoms with van der Waals surface area (Å²) in [5, 5.41) is 13.5. The highest BCUT2D eigenvalue weighted by Crippen LogP contribution is 2.19. The number of hydrogen-bond acceptors (Lipinski definition) is 7. The molecule has 2 rings (SSSR count). The van der Waals surface area contributed by atoms with Gasteiger partial charge in [0.1, 0.15) is 5.82 Å². The lowest BCUT2D eigenvalue weighted by atomic mass is 10.4. The maximum atomic E-state index is 11.7. The van der Waals surface area contributed by atoms with Crippen LogP contribution < -0.4 is 10.6 Å². The van der Waals surface area contributed by atoms with E-state index in [0.29, 0.717) is 24.0 Å². The number of fused-ring (bicyclic) bond motifs is 1. The highest BCUT2D eigenvalue weighted by Gasteiger charge is 2.14. The summed E-state index contributed by atoms with van der Waals surface area (Å²) in [6.07, 6.45) is 1.60. The summed E-state index contributed by atoms with van der Waals surface area (Å²) in [4.78, 5) is 8.59. The summed E-state index contributed by atoms with van der Waals surface area (Å²) in [5.74, 6) is 1.01. The van der Waals surface area contributed by atoms with Gasteiger partial charge in [-0.05, 0) is 6.92 Å². The van der Waals surface area contributed by atoms with Gasteiger partial charge in [0, 0.05) is 27.2 Å². The molecule has 0 aliphatic rings. The van der Waals surface area contributed by atoms with Gasteiger partial charge < -0.3 is 10.6 Å². The number of nitrogens with one attached hydrogen (secondary N) is 3. The quantitative estimate of drug-likeness (QED) is 0.663. The first-order chi connectivity index (χ1) is 9.94. The molecule has 2 aromatic rings. The number of H-pyrrole nitrogens is 1. The van der Waals surface area contributed by atoms with Crippen molar-refractivity contribution in [2.45, 2.75) is 6.92 Å². The summed E-state index contributed by atoms with van der Waals surface area (Å²) in [6, 6.07) is 0. The average molecular weight is 313 g/mol. The van der Waals surface area contributed by atoms with E-state index in [0.717, 1.165) is 5.39 Å². The minimum absolute atomic E-state index is 0.0140. The third kappa shape index (κ3) is 3.58. The van der Waals surface area contributed by atoms with E-state index >= 15 is 0 Å². The van der Waals surface area contributed by atoms with Crippen LogP contribution in [0.15, 0.2) is 6.20 Å². The Morgan fingerprint density at radius 1 is 1.29 bits per heavy atom. The summed E-state index contributed by atoms with van der Waals surface area (Å²) in [6.45, 7) is 2.88. The Kier molecular flexibility index (Phi) is 4.58. The topological polar surface area (TPSA) is 116 Å². The largest absolute Gasteiger partial charge is 0.368 e. The number of rotatable bonds is 7. The third-order valence-corrected chi connectivity index (χ3v) is 4.69. The van der Waals surface area contributed by atoms with Crippen molar-refractivity contribution in [1.29, 1.82) is 0 Å². The van der Waals surface area contributed by atoms with Crippen LogP contribution in [-0.2, 0) is 10.0 Å². The van der Waals surface area contributed by atoms with Crippen molar-refractivity contribution < 1.29 is 8.42 Å². The minimum Gasteiger partial charge on any atom is -0.368 e. The number of sulfonamides is 1. The molecule has 0 saturated carbocycles. The second-order valence-electron chi connectivity index (χ2n) is 4.58. The van der Waals surface area contributed by atoms with Crippen molar-refractivity contribution in [2.75, 3.05) is 43.6 Å². The van der Waals surface area contributed by atoms with Crippen molar-refractivity contribution in [3.8, 4) is 0 Å². The Morgan fingerprint density at radius 3 is 2.71 bits per heavy atom. The zero-order chi connectivity index (χ0) is 15.5. The normalized spacial score (nSPS) is 12.0. The van der Waals surface area contributed by atoms with Crippen LogP contribution in [0.3, 0.4) is 0 Å². The fourth-order valence-corrected chi connectivity index (χ4v) is 2.41. The standard InChI is InChI=1S/C11H19N7O2S/c1-4-12-11-15-9(8-7-14-17-10(8)16-11)13-5-6-21(19,20)18(2)3/h7H,4-6H2,1-3H3,(H3,12,13,14,15,16,17). The number of aromatic amines is 1. The average Bonchev–Trinajstić information content (AvgIpc) is 2.87. The van der Waals surface area contributed by atoms with Crippen LogP contribution in [0, 0.1) is 0 Å². The first-order valence-electron chi connectivity index (χ1n) is 6.53. The molecule has 10 heteroatoms. The number of hydrogen-bond donors (Lipinski definition) is 3. The Morgan fingerprint density at radius 2 is 2.05 bits per heavy atom. The molecule has 0 aromatic carbocycles. The van der Waals surface area contributed by atoms with Crippen LogP contribution in [-0.4, -0.2) is 65.8 Å². The van der Waals surface area contributed by atoms with Crippen LogP contribution >= 0.6 is 0 Å². The van der Waals surface area contributed by atoms with Crippen molar-refractivity contribution in [2.24, 2.45) is 0 Å². The van der Waals surface area contributed by atoms with Crippen molar-refractivity contribution >= 4 is 32.8 Å². The van der Waals surface area contributed by atoms with Gasteiger partial charge in [0.05, 0.1) is 17.3 Å². The molecule has 116 valence electrons. The van der Waals surface area contributed by atoms with Gasteiger partial charge in [-0.1, -0.05) is 0 Å². The molecule has 9 nitrogen and oxygen atoms in total. The van der Waals surface area contributed by atoms with E-state index < -0.39 is 10.0 Å². The van der Waals surface area contributed by atoms with Crippen molar-refractivity contribution in [1.82, 2.24) is 24.5 Å². The molecule has 21 heavy (non-hydrogen) atoms. The Labute approximate surface area is 123 Å². The minimum atomic E-state index is -3.24. The van der Waals surface area contributed by atoms with Crippen molar-refractivity contribution in [3.05, 3.63) is 6.20 Å². The molecule has 0 amide bonds. The zero-order valence-electron chi connectivity index (χ0n) is 12.2. The molecule has 0 aliphatic heterocycles. The van der Waals surface area contributed by atoms with Gasteiger partial charge in [0.25, 0.3) is 0 Å². The third-order valence-electron chi connectivity index (χ3n) is 2.85. The predicted octanol–water partition coefficient (Wildman–Crippen LogP) is 0.0880. The van der Waals surface area contributed by atoms with E-state index in [9.17, 15) is 8.42 Å². The molecule has 3 N–H and O–H groups in total. The van der Waals surface area contributed by atoms with Gasteiger partial charge >= 0.3 is 0 Å². The summed E-state index contributed by atoms with van der Waals surface area (Å²) < 4.78 is 24.7. The van der Waals surface area contributed by atoms with Gasteiger partial charge in [0.15, 0.2) is 5.65 Å². The molecule has 2 aromatic heterocycles. The van der Waals surface area contributed by atoms with E-state index in [1.54, 1.807) is 6.20 Å². The van der Waals surface area contributed by atoms with Gasteiger partial charge in [-0.15, -0.1) is 0 Å². The molecule has 0 atom stereocenters. The number of nitrogens with zero attached hydrogens (tertiary/aromatic N) is 4. The maximum absolute atomic E-state index is 11.7. The Hall–Kier alpha value is -1.94. The van der Waals surface area contributed by atoms with Crippen molar-refractivity contribution in [3.63, 3.8) is 0 Å². The lowest BCUT2D eigenvalue weighted by molar-refractivity contribution is 0.521. The lowest BCUT2D eigenvalue weighted by Gasteiger charge is -2.12. The lowest BCUT2D eigenvalue weighted by Crippen LogP contribution is -2.28. The van der Waals surface area contributed by atoms with Crippen LogP contribution in [0.4, 0.5) is 11.8 Å². The zero-order valence-corrected chi connectivity index (χ0v) is 13.0. The first-order valence-corrected chi connectivity index (χ1v) is 8.14. The molecule has 0 bridgehead atoms. The van der Waals surface area contributed by atoms with E-state index in [-0.39, 0.29) is 12.3 Å². The highest BCUT2D eigenvalue weighted by atomic mass is 32.2. The Bertz CT molecular complexity index is 710. The predicted molar refractivity (Wildman–Crippen MR) is 81.8 cm³/mol. The summed E-state index contributed by atoms with van der Waals surface area (Å²) in [7, 11) is -0.217. The van der Waals surface area contributed by atoms with E-state index in [1.807, 2.05) is 6.92 Å². The second-order valence-corrected chi connectivity index (χ2v) is 6.89. The summed E-state index contributed by atoms with van der Waals surface area (Å²) in [5.41, 5.74) is 0.596. The smallest absolute Gasteiger partial charge is 0.226 e.